The second kappa shape index (κ2) is 8.08. The first-order valence-electron chi connectivity index (χ1n) is 9.21. The standard InChI is InChI=1S/C20H22N4O4/c1-3-22-17-12-15(21-19(25)11-10-14-8-6-5-7-9-14)16(24(27)28)13-18(17)23(4-2)20(22)26/h5-9,12-13H,3-4,10-11H2,1-2H3,(H,21,25). The van der Waals surface area contributed by atoms with Crippen LogP contribution in [0.2, 0.25) is 0 Å². The fraction of sp³-hybridized carbons (Fsp3) is 0.300. The number of nitrogens with one attached hydrogen (secondary N) is 1. The van der Waals surface area contributed by atoms with Crippen LogP contribution in [0.5, 0.6) is 0 Å². The molecule has 0 aliphatic carbocycles. The number of carbonyl (C=O) groups is 1. The number of nitrogens with zero attached hydrogens (tertiary/aromatic N) is 3. The third kappa shape index (κ3) is 3.66. The van der Waals surface area contributed by atoms with E-state index in [1.807, 2.05) is 44.2 Å². The van der Waals surface area contributed by atoms with Crippen molar-refractivity contribution < 1.29 is 9.72 Å². The summed E-state index contributed by atoms with van der Waals surface area (Å²) < 4.78 is 3.04. The Morgan fingerprint density at radius 1 is 1.07 bits per heavy atom. The van der Waals surface area contributed by atoms with Crippen LogP contribution < -0.4 is 11.0 Å². The summed E-state index contributed by atoms with van der Waals surface area (Å²) in [5, 5.41) is 14.2. The molecule has 0 atom stereocenters. The summed E-state index contributed by atoms with van der Waals surface area (Å²) in [6, 6.07) is 12.4. The Bertz CT molecular complexity index is 1080. The summed E-state index contributed by atoms with van der Waals surface area (Å²) in [4.78, 5) is 35.9. The minimum absolute atomic E-state index is 0.103. The third-order valence-electron chi connectivity index (χ3n) is 4.72. The Balaban J connectivity index is 1.95. The van der Waals surface area contributed by atoms with Gasteiger partial charge in [-0.05, 0) is 31.9 Å². The summed E-state index contributed by atoms with van der Waals surface area (Å²) in [5.41, 5.74) is 1.73. The number of hydrogen-bond donors (Lipinski definition) is 1. The number of rotatable bonds is 7. The number of aromatic nitrogens is 2. The molecule has 0 radical (unpaired) electrons. The van der Waals surface area contributed by atoms with Gasteiger partial charge in [-0.2, -0.15) is 0 Å². The first-order chi connectivity index (χ1) is 13.5. The summed E-state index contributed by atoms with van der Waals surface area (Å²) in [6.45, 7) is 4.48. The largest absolute Gasteiger partial charge is 0.329 e. The highest BCUT2D eigenvalue weighted by Crippen LogP contribution is 2.30. The SMILES string of the molecule is CCn1c(=O)n(CC)c2cc([N+](=O)[O-])c(NC(=O)CCc3ccccc3)cc21. The third-order valence-corrected chi connectivity index (χ3v) is 4.72. The second-order valence-corrected chi connectivity index (χ2v) is 6.42. The predicted molar refractivity (Wildman–Crippen MR) is 108 cm³/mol. The fourth-order valence-electron chi connectivity index (χ4n) is 3.33. The highest BCUT2D eigenvalue weighted by atomic mass is 16.6. The Kier molecular flexibility index (Phi) is 5.58. The summed E-state index contributed by atoms with van der Waals surface area (Å²) in [5.74, 6) is -0.313. The number of aryl methyl sites for hydroxylation is 3. The fourth-order valence-corrected chi connectivity index (χ4v) is 3.33. The van der Waals surface area contributed by atoms with Gasteiger partial charge in [-0.15, -0.1) is 0 Å². The molecular formula is C20H22N4O4. The summed E-state index contributed by atoms with van der Waals surface area (Å²) in [7, 11) is 0. The van der Waals surface area contributed by atoms with Crippen molar-refractivity contribution in [2.24, 2.45) is 0 Å². The lowest BCUT2D eigenvalue weighted by molar-refractivity contribution is -0.383. The number of nitro benzene ring substituents is 1. The molecule has 3 aromatic rings. The van der Waals surface area contributed by atoms with E-state index >= 15 is 0 Å². The van der Waals surface area contributed by atoms with E-state index in [-0.39, 0.29) is 29.4 Å². The van der Waals surface area contributed by atoms with Gasteiger partial charge in [-0.1, -0.05) is 30.3 Å². The lowest BCUT2D eigenvalue weighted by atomic mass is 10.1. The van der Waals surface area contributed by atoms with E-state index in [1.165, 1.54) is 16.7 Å². The predicted octanol–water partition coefficient (Wildman–Crippen LogP) is 3.32. The van der Waals surface area contributed by atoms with Crippen molar-refractivity contribution in [1.82, 2.24) is 9.13 Å². The Morgan fingerprint density at radius 3 is 2.25 bits per heavy atom. The van der Waals surface area contributed by atoms with E-state index in [9.17, 15) is 19.7 Å². The van der Waals surface area contributed by atoms with E-state index in [1.54, 1.807) is 4.57 Å². The van der Waals surface area contributed by atoms with E-state index in [0.717, 1.165) is 5.56 Å². The van der Waals surface area contributed by atoms with E-state index in [0.29, 0.717) is 30.5 Å². The summed E-state index contributed by atoms with van der Waals surface area (Å²) in [6.07, 6.45) is 0.740. The lowest BCUT2D eigenvalue weighted by Crippen LogP contribution is -2.23. The highest BCUT2D eigenvalue weighted by molar-refractivity contribution is 5.96. The Hall–Kier alpha value is -3.42. The van der Waals surface area contributed by atoms with Crippen LogP contribution in [-0.2, 0) is 24.3 Å². The molecule has 0 bridgehead atoms. The van der Waals surface area contributed by atoms with Crippen molar-refractivity contribution in [3.63, 3.8) is 0 Å². The molecule has 0 aliphatic heterocycles. The average molecular weight is 382 g/mol. The van der Waals surface area contributed by atoms with Gasteiger partial charge in [0.1, 0.15) is 5.69 Å². The normalized spacial score (nSPS) is 10.9. The number of fused-ring (bicyclic) bond motifs is 1. The monoisotopic (exact) mass is 382 g/mol. The first-order valence-corrected chi connectivity index (χ1v) is 9.21. The molecule has 3 rings (SSSR count). The average Bonchev–Trinajstić information content (AvgIpc) is 2.95. The van der Waals surface area contributed by atoms with Crippen molar-refractivity contribution in [1.29, 1.82) is 0 Å². The van der Waals surface area contributed by atoms with Crippen molar-refractivity contribution in [3.05, 3.63) is 68.6 Å². The van der Waals surface area contributed by atoms with Gasteiger partial charge in [0, 0.05) is 25.6 Å². The van der Waals surface area contributed by atoms with Crippen LogP contribution >= 0.6 is 0 Å². The number of imidazole rings is 1. The quantitative estimate of drug-likeness (QED) is 0.500. The number of carbonyl (C=O) groups excluding carboxylic acids is 1. The molecule has 0 spiro atoms. The Labute approximate surface area is 161 Å². The number of benzene rings is 2. The molecule has 28 heavy (non-hydrogen) atoms. The van der Waals surface area contributed by atoms with Gasteiger partial charge in [0.25, 0.3) is 5.69 Å². The molecular weight excluding hydrogens is 360 g/mol. The molecule has 0 unspecified atom stereocenters. The molecule has 1 amide bonds. The van der Waals surface area contributed by atoms with Crippen molar-refractivity contribution >= 4 is 28.3 Å². The molecule has 146 valence electrons. The van der Waals surface area contributed by atoms with Gasteiger partial charge in [-0.3, -0.25) is 24.0 Å². The van der Waals surface area contributed by atoms with Gasteiger partial charge in [0.15, 0.2) is 0 Å². The van der Waals surface area contributed by atoms with Gasteiger partial charge < -0.3 is 5.32 Å². The molecule has 0 saturated carbocycles. The number of hydrogen-bond acceptors (Lipinski definition) is 4. The van der Waals surface area contributed by atoms with E-state index in [2.05, 4.69) is 5.32 Å². The maximum Gasteiger partial charge on any atom is 0.329 e. The molecule has 8 nitrogen and oxygen atoms in total. The maximum atomic E-state index is 12.5. The summed E-state index contributed by atoms with van der Waals surface area (Å²) >= 11 is 0. The maximum absolute atomic E-state index is 12.5. The molecule has 0 aliphatic rings. The number of nitro groups is 1. The lowest BCUT2D eigenvalue weighted by Gasteiger charge is -2.08. The van der Waals surface area contributed by atoms with Crippen molar-refractivity contribution in [3.8, 4) is 0 Å². The van der Waals surface area contributed by atoms with Crippen LogP contribution in [0.25, 0.3) is 11.0 Å². The van der Waals surface area contributed by atoms with Crippen LogP contribution in [0.15, 0.2) is 47.3 Å². The van der Waals surface area contributed by atoms with Crippen molar-refractivity contribution in [2.45, 2.75) is 39.8 Å². The van der Waals surface area contributed by atoms with Gasteiger partial charge >= 0.3 is 5.69 Å². The smallest absolute Gasteiger partial charge is 0.320 e. The Morgan fingerprint density at radius 2 is 1.68 bits per heavy atom. The topological polar surface area (TPSA) is 99.2 Å². The van der Waals surface area contributed by atoms with Crippen LogP contribution in [0.3, 0.4) is 0 Å². The van der Waals surface area contributed by atoms with Gasteiger partial charge in [0.05, 0.1) is 16.0 Å². The molecule has 1 N–H and O–H groups in total. The van der Waals surface area contributed by atoms with Crippen molar-refractivity contribution in [2.75, 3.05) is 5.32 Å². The van der Waals surface area contributed by atoms with Gasteiger partial charge in [-0.25, -0.2) is 4.79 Å². The minimum Gasteiger partial charge on any atom is -0.320 e. The minimum atomic E-state index is -0.542. The molecule has 0 fully saturated rings. The van der Waals surface area contributed by atoms with E-state index in [4.69, 9.17) is 0 Å². The zero-order valence-corrected chi connectivity index (χ0v) is 15.8. The van der Waals surface area contributed by atoms with Crippen LogP contribution in [0.4, 0.5) is 11.4 Å². The highest BCUT2D eigenvalue weighted by Gasteiger charge is 2.22. The molecule has 2 aromatic carbocycles. The molecule has 8 heteroatoms. The molecule has 1 aromatic heterocycles. The van der Waals surface area contributed by atoms with Crippen LogP contribution in [0.1, 0.15) is 25.8 Å². The zero-order chi connectivity index (χ0) is 20.3. The van der Waals surface area contributed by atoms with Crippen LogP contribution in [-0.4, -0.2) is 20.0 Å². The molecule has 1 heterocycles. The number of amides is 1. The zero-order valence-electron chi connectivity index (χ0n) is 15.8. The second-order valence-electron chi connectivity index (χ2n) is 6.42. The van der Waals surface area contributed by atoms with Crippen LogP contribution in [0, 0.1) is 10.1 Å². The first kappa shape index (κ1) is 19.3. The van der Waals surface area contributed by atoms with Gasteiger partial charge in [0.2, 0.25) is 5.91 Å². The van der Waals surface area contributed by atoms with E-state index < -0.39 is 4.92 Å². The molecule has 0 saturated heterocycles. The number of anilines is 1.